The van der Waals surface area contributed by atoms with Gasteiger partial charge in [0.15, 0.2) is 0 Å². The van der Waals surface area contributed by atoms with Crippen molar-refractivity contribution in [1.29, 1.82) is 0 Å². The van der Waals surface area contributed by atoms with E-state index in [1.807, 2.05) is 12.1 Å². The van der Waals surface area contributed by atoms with Gasteiger partial charge in [0, 0.05) is 10.0 Å². The zero-order valence-corrected chi connectivity index (χ0v) is 16.6. The number of aliphatic hydroxyl groups excluding tert-OH is 1. The van der Waals surface area contributed by atoms with Crippen molar-refractivity contribution in [2.45, 2.75) is 6.92 Å². The monoisotopic (exact) mass is 419 g/mol. The van der Waals surface area contributed by atoms with Gasteiger partial charge in [-0.3, -0.25) is 0 Å². The molecule has 0 aliphatic carbocycles. The van der Waals surface area contributed by atoms with Crippen molar-refractivity contribution in [3.63, 3.8) is 0 Å². The first-order valence-electron chi connectivity index (χ1n) is 8.08. The fourth-order valence-corrected chi connectivity index (χ4v) is 3.82. The van der Waals surface area contributed by atoms with E-state index in [4.69, 9.17) is 27.9 Å². The molecule has 2 aromatic carbocycles. The molecular weight excluding hydrogens is 405 g/mol. The van der Waals surface area contributed by atoms with Gasteiger partial charge in [0.1, 0.15) is 16.4 Å². The normalized spacial score (nSPS) is 17.0. The highest BCUT2D eigenvalue weighted by atomic mass is 35.5. The van der Waals surface area contributed by atoms with Crippen molar-refractivity contribution in [3.8, 4) is 0 Å². The number of esters is 1. The summed E-state index contributed by atoms with van der Waals surface area (Å²) in [6.07, 6.45) is 1.74. The number of benzene rings is 2. The first-order chi connectivity index (χ1) is 13.0. The van der Waals surface area contributed by atoms with Crippen LogP contribution in [0.3, 0.4) is 0 Å². The second-order valence-electron chi connectivity index (χ2n) is 5.51. The average Bonchev–Trinajstić information content (AvgIpc) is 2.90. The minimum Gasteiger partial charge on any atom is -0.506 e. The van der Waals surface area contributed by atoms with Crippen molar-refractivity contribution < 1.29 is 14.6 Å². The van der Waals surface area contributed by atoms with Crippen molar-refractivity contribution in [1.82, 2.24) is 0 Å². The third-order valence-electron chi connectivity index (χ3n) is 3.56. The van der Waals surface area contributed by atoms with Crippen LogP contribution in [0.25, 0.3) is 6.08 Å². The van der Waals surface area contributed by atoms with Crippen LogP contribution in [0.1, 0.15) is 12.5 Å². The minimum absolute atomic E-state index is 0.0371. The number of hydrogen-bond acceptors (Lipinski definition) is 5. The Balaban J connectivity index is 2.05. The third kappa shape index (κ3) is 4.75. The van der Waals surface area contributed by atoms with E-state index >= 15 is 0 Å². The number of carbonyl (C=O) groups is 1. The predicted molar refractivity (Wildman–Crippen MR) is 112 cm³/mol. The number of rotatable bonds is 4. The summed E-state index contributed by atoms with van der Waals surface area (Å²) < 4.78 is 5.08. The molecule has 2 aromatic rings. The van der Waals surface area contributed by atoms with Crippen molar-refractivity contribution in [2.24, 2.45) is 4.99 Å². The molecule has 138 valence electrons. The highest BCUT2D eigenvalue weighted by Crippen LogP contribution is 2.40. The number of halogens is 2. The lowest BCUT2D eigenvalue weighted by Crippen LogP contribution is -2.12. The zero-order chi connectivity index (χ0) is 19.4. The summed E-state index contributed by atoms with van der Waals surface area (Å²) in [5.41, 5.74) is 1.41. The SMILES string of the molecule is CCOC(=O)C1=C(O)/C(=C\c2cccc(Cl)c2)SC1=Nc1cccc(Cl)c1. The molecule has 0 radical (unpaired) electrons. The Labute approximate surface area is 171 Å². The molecule has 0 spiro atoms. The fraction of sp³-hybridized carbons (Fsp3) is 0.100. The molecule has 0 fully saturated rings. The Kier molecular flexibility index (Phi) is 6.26. The van der Waals surface area contributed by atoms with Crippen LogP contribution in [0.5, 0.6) is 0 Å². The molecule has 0 atom stereocenters. The van der Waals surface area contributed by atoms with E-state index in [9.17, 15) is 9.90 Å². The molecule has 1 heterocycles. The Hall–Kier alpha value is -2.21. The predicted octanol–water partition coefficient (Wildman–Crippen LogP) is 6.19. The van der Waals surface area contributed by atoms with Crippen LogP contribution >= 0.6 is 35.0 Å². The molecule has 7 heteroatoms. The average molecular weight is 420 g/mol. The van der Waals surface area contributed by atoms with E-state index < -0.39 is 5.97 Å². The summed E-state index contributed by atoms with van der Waals surface area (Å²) in [5, 5.41) is 12.1. The van der Waals surface area contributed by atoms with Gasteiger partial charge in [0.25, 0.3) is 0 Å². The third-order valence-corrected chi connectivity index (χ3v) is 5.05. The first kappa shape index (κ1) is 19.5. The van der Waals surface area contributed by atoms with Gasteiger partial charge in [0.05, 0.1) is 17.2 Å². The van der Waals surface area contributed by atoms with Crippen LogP contribution in [-0.2, 0) is 9.53 Å². The highest BCUT2D eigenvalue weighted by Gasteiger charge is 2.33. The van der Waals surface area contributed by atoms with Crippen LogP contribution in [0.4, 0.5) is 5.69 Å². The smallest absolute Gasteiger partial charge is 0.344 e. The maximum atomic E-state index is 12.4. The van der Waals surface area contributed by atoms with Gasteiger partial charge in [-0.15, -0.1) is 0 Å². The number of thioether (sulfide) groups is 1. The number of hydrogen-bond donors (Lipinski definition) is 1. The van der Waals surface area contributed by atoms with E-state index in [2.05, 4.69) is 4.99 Å². The standard InChI is InChI=1S/C20H15Cl2NO3S/c1-2-26-20(25)17-18(24)16(10-12-5-3-6-13(21)9-12)27-19(17)23-15-8-4-7-14(22)11-15/h3-11,24H,2H2,1H3/b16-10+,23-19?. The number of ether oxygens (including phenoxy) is 1. The van der Waals surface area contributed by atoms with Crippen LogP contribution in [0, 0.1) is 0 Å². The fourth-order valence-electron chi connectivity index (χ4n) is 2.40. The van der Waals surface area contributed by atoms with Gasteiger partial charge >= 0.3 is 5.97 Å². The molecule has 1 aliphatic heterocycles. The molecule has 0 bridgehead atoms. The largest absolute Gasteiger partial charge is 0.506 e. The van der Waals surface area contributed by atoms with Gasteiger partial charge in [-0.2, -0.15) is 0 Å². The molecule has 3 rings (SSSR count). The summed E-state index contributed by atoms with van der Waals surface area (Å²) in [6.45, 7) is 1.90. The maximum absolute atomic E-state index is 12.4. The molecule has 4 nitrogen and oxygen atoms in total. The van der Waals surface area contributed by atoms with Crippen LogP contribution < -0.4 is 0 Å². The molecule has 1 aliphatic rings. The van der Waals surface area contributed by atoms with E-state index in [-0.39, 0.29) is 17.9 Å². The number of nitrogens with zero attached hydrogens (tertiary/aromatic N) is 1. The molecule has 0 saturated heterocycles. The van der Waals surface area contributed by atoms with Gasteiger partial charge in [-0.05, 0) is 48.9 Å². The molecule has 1 N–H and O–H groups in total. The van der Waals surface area contributed by atoms with E-state index in [0.29, 0.717) is 25.7 Å². The van der Waals surface area contributed by atoms with Gasteiger partial charge in [-0.25, -0.2) is 9.79 Å². The van der Waals surface area contributed by atoms with Crippen molar-refractivity contribution >= 4 is 57.7 Å². The number of aliphatic imine (C=N–C) groups is 1. The van der Waals surface area contributed by atoms with E-state index in [0.717, 1.165) is 5.56 Å². The summed E-state index contributed by atoms with van der Waals surface area (Å²) in [5.74, 6) is -0.794. The van der Waals surface area contributed by atoms with Crippen LogP contribution in [-0.4, -0.2) is 22.7 Å². The number of aliphatic hydroxyl groups is 1. The highest BCUT2D eigenvalue weighted by molar-refractivity contribution is 8.18. The lowest BCUT2D eigenvalue weighted by molar-refractivity contribution is -0.138. The van der Waals surface area contributed by atoms with Crippen LogP contribution in [0.15, 0.2) is 69.8 Å². The Morgan fingerprint density at radius 1 is 1.19 bits per heavy atom. The molecule has 27 heavy (non-hydrogen) atoms. The Bertz CT molecular complexity index is 983. The zero-order valence-electron chi connectivity index (χ0n) is 14.3. The van der Waals surface area contributed by atoms with Gasteiger partial charge < -0.3 is 9.84 Å². The van der Waals surface area contributed by atoms with Crippen molar-refractivity contribution in [3.05, 3.63) is 80.4 Å². The second-order valence-corrected chi connectivity index (χ2v) is 7.41. The van der Waals surface area contributed by atoms with Gasteiger partial charge in [-0.1, -0.05) is 53.2 Å². The molecule has 0 amide bonds. The molecule has 0 unspecified atom stereocenters. The lowest BCUT2D eigenvalue weighted by atomic mass is 10.1. The topological polar surface area (TPSA) is 58.9 Å². The molecule has 0 saturated carbocycles. The summed E-state index contributed by atoms with van der Waals surface area (Å²) in [4.78, 5) is 17.3. The Morgan fingerprint density at radius 2 is 1.89 bits per heavy atom. The second kappa shape index (κ2) is 8.65. The first-order valence-corrected chi connectivity index (χ1v) is 9.65. The summed E-state index contributed by atoms with van der Waals surface area (Å²) in [7, 11) is 0. The summed E-state index contributed by atoms with van der Waals surface area (Å²) in [6, 6.07) is 14.1. The maximum Gasteiger partial charge on any atom is 0.344 e. The quantitative estimate of drug-likeness (QED) is 0.600. The molecule has 0 aromatic heterocycles. The summed E-state index contributed by atoms with van der Waals surface area (Å²) >= 11 is 13.2. The minimum atomic E-state index is -0.627. The van der Waals surface area contributed by atoms with Crippen molar-refractivity contribution in [2.75, 3.05) is 6.61 Å². The van der Waals surface area contributed by atoms with E-state index in [1.54, 1.807) is 49.4 Å². The van der Waals surface area contributed by atoms with Crippen LogP contribution in [0.2, 0.25) is 10.0 Å². The Morgan fingerprint density at radius 3 is 2.56 bits per heavy atom. The molecular formula is C20H15Cl2NO3S. The lowest BCUT2D eigenvalue weighted by Gasteiger charge is -2.04. The number of carbonyl (C=O) groups excluding carboxylic acids is 1. The van der Waals surface area contributed by atoms with Gasteiger partial charge in [0.2, 0.25) is 0 Å². The van der Waals surface area contributed by atoms with E-state index in [1.165, 1.54) is 11.8 Å².